The standard InChI is InChI=1S/C6H9N3/c7-3-5-4-9-2-1-6(5)8/h9H,1-2,4,8H2. The van der Waals surface area contributed by atoms with Crippen LogP contribution < -0.4 is 11.1 Å². The van der Waals surface area contributed by atoms with Crippen molar-refractivity contribution in [2.24, 2.45) is 5.73 Å². The van der Waals surface area contributed by atoms with Gasteiger partial charge in [0.2, 0.25) is 0 Å². The highest BCUT2D eigenvalue weighted by atomic mass is 14.9. The second-order valence-corrected chi connectivity index (χ2v) is 2.04. The van der Waals surface area contributed by atoms with E-state index in [0.717, 1.165) is 18.7 Å². The van der Waals surface area contributed by atoms with Gasteiger partial charge >= 0.3 is 0 Å². The van der Waals surface area contributed by atoms with Crippen molar-refractivity contribution in [1.29, 1.82) is 5.26 Å². The van der Waals surface area contributed by atoms with Gasteiger partial charge in [0.25, 0.3) is 0 Å². The fourth-order valence-corrected chi connectivity index (χ4v) is 0.812. The minimum Gasteiger partial charge on any atom is -0.401 e. The second kappa shape index (κ2) is 2.51. The first-order chi connectivity index (χ1) is 4.34. The van der Waals surface area contributed by atoms with Gasteiger partial charge in [0.1, 0.15) is 0 Å². The molecule has 0 saturated heterocycles. The molecule has 0 spiro atoms. The van der Waals surface area contributed by atoms with Crippen molar-refractivity contribution in [3.63, 3.8) is 0 Å². The average molecular weight is 123 g/mol. The fraction of sp³-hybridized carbons (Fsp3) is 0.500. The topological polar surface area (TPSA) is 61.8 Å². The molecule has 1 rings (SSSR count). The number of nitrogens with zero attached hydrogens (tertiary/aromatic N) is 1. The summed E-state index contributed by atoms with van der Waals surface area (Å²) in [5.74, 6) is 0. The number of nitrogens with two attached hydrogens (primary N) is 1. The highest BCUT2D eigenvalue weighted by Crippen LogP contribution is 2.04. The summed E-state index contributed by atoms with van der Waals surface area (Å²) in [5, 5.41) is 11.5. The van der Waals surface area contributed by atoms with Crippen LogP contribution in [0.1, 0.15) is 6.42 Å². The maximum atomic E-state index is 8.43. The Kier molecular flexibility index (Phi) is 1.71. The van der Waals surface area contributed by atoms with Crippen LogP contribution in [0.3, 0.4) is 0 Å². The molecule has 1 heterocycles. The first-order valence-corrected chi connectivity index (χ1v) is 2.93. The third-order valence-electron chi connectivity index (χ3n) is 1.40. The van der Waals surface area contributed by atoms with Crippen LogP contribution in [0, 0.1) is 11.3 Å². The van der Waals surface area contributed by atoms with Crippen LogP contribution >= 0.6 is 0 Å². The molecule has 3 heteroatoms. The zero-order valence-corrected chi connectivity index (χ0v) is 5.15. The van der Waals surface area contributed by atoms with Crippen molar-refractivity contribution in [2.75, 3.05) is 13.1 Å². The van der Waals surface area contributed by atoms with Gasteiger partial charge in [-0.1, -0.05) is 0 Å². The Morgan fingerprint density at radius 1 is 1.67 bits per heavy atom. The molecule has 0 saturated carbocycles. The minimum atomic E-state index is 0.641. The van der Waals surface area contributed by atoms with Crippen LogP contribution in [0.2, 0.25) is 0 Å². The van der Waals surface area contributed by atoms with Crippen molar-refractivity contribution >= 4 is 0 Å². The molecule has 0 fully saturated rings. The summed E-state index contributed by atoms with van der Waals surface area (Å²) >= 11 is 0. The molecule has 0 aromatic rings. The van der Waals surface area contributed by atoms with E-state index in [1.807, 2.05) is 6.07 Å². The molecule has 1 aliphatic rings. The largest absolute Gasteiger partial charge is 0.401 e. The quantitative estimate of drug-likeness (QED) is 0.465. The van der Waals surface area contributed by atoms with E-state index in [1.54, 1.807) is 0 Å². The molecule has 9 heavy (non-hydrogen) atoms. The predicted octanol–water partition coefficient (Wildman–Crippen LogP) is -0.284. The Hall–Kier alpha value is -1.01. The van der Waals surface area contributed by atoms with Gasteiger partial charge in [0.05, 0.1) is 11.6 Å². The van der Waals surface area contributed by atoms with E-state index in [9.17, 15) is 0 Å². The van der Waals surface area contributed by atoms with Gasteiger partial charge in [0.15, 0.2) is 0 Å². The molecule has 3 N–H and O–H groups in total. The smallest absolute Gasteiger partial charge is 0.0978 e. The molecule has 0 amide bonds. The van der Waals surface area contributed by atoms with Gasteiger partial charge in [-0.25, -0.2) is 0 Å². The van der Waals surface area contributed by atoms with Gasteiger partial charge in [-0.15, -0.1) is 0 Å². The molecule has 3 nitrogen and oxygen atoms in total. The molecule has 0 aliphatic carbocycles. The van der Waals surface area contributed by atoms with Gasteiger partial charge in [0, 0.05) is 25.2 Å². The molecule has 0 atom stereocenters. The molecular weight excluding hydrogens is 114 g/mol. The lowest BCUT2D eigenvalue weighted by molar-refractivity contribution is 0.683. The van der Waals surface area contributed by atoms with Crippen LogP contribution in [-0.4, -0.2) is 13.1 Å². The summed E-state index contributed by atoms with van der Waals surface area (Å²) in [6.07, 6.45) is 0.808. The molecule has 0 aromatic carbocycles. The Morgan fingerprint density at radius 3 is 2.89 bits per heavy atom. The van der Waals surface area contributed by atoms with Gasteiger partial charge in [-0.3, -0.25) is 0 Å². The lowest BCUT2D eigenvalue weighted by Gasteiger charge is -2.12. The molecule has 1 aliphatic heterocycles. The monoisotopic (exact) mass is 123 g/mol. The minimum absolute atomic E-state index is 0.641. The van der Waals surface area contributed by atoms with Gasteiger partial charge < -0.3 is 11.1 Å². The Bertz CT molecular complexity index is 175. The zero-order chi connectivity index (χ0) is 6.69. The molecule has 48 valence electrons. The first-order valence-electron chi connectivity index (χ1n) is 2.93. The van der Waals surface area contributed by atoms with E-state index in [2.05, 4.69) is 5.32 Å². The molecule has 0 unspecified atom stereocenters. The third kappa shape index (κ3) is 1.21. The Labute approximate surface area is 54.2 Å². The maximum absolute atomic E-state index is 8.43. The summed E-state index contributed by atoms with van der Waals surface area (Å²) < 4.78 is 0. The SMILES string of the molecule is N#CC1=C(N)CCNC1. The van der Waals surface area contributed by atoms with E-state index in [0.29, 0.717) is 12.1 Å². The summed E-state index contributed by atoms with van der Waals surface area (Å²) in [7, 11) is 0. The molecular formula is C6H9N3. The van der Waals surface area contributed by atoms with E-state index < -0.39 is 0 Å². The van der Waals surface area contributed by atoms with Crippen molar-refractivity contribution in [3.05, 3.63) is 11.3 Å². The van der Waals surface area contributed by atoms with Gasteiger partial charge in [-0.05, 0) is 0 Å². The molecule has 0 radical (unpaired) electrons. The third-order valence-corrected chi connectivity index (χ3v) is 1.40. The number of nitriles is 1. The van der Waals surface area contributed by atoms with Crippen molar-refractivity contribution in [3.8, 4) is 6.07 Å². The second-order valence-electron chi connectivity index (χ2n) is 2.04. The van der Waals surface area contributed by atoms with E-state index in [4.69, 9.17) is 11.0 Å². The number of hydrogen-bond acceptors (Lipinski definition) is 3. The number of hydrogen-bond donors (Lipinski definition) is 2. The first kappa shape index (κ1) is 6.12. The Balaban J connectivity index is 2.74. The van der Waals surface area contributed by atoms with E-state index in [-0.39, 0.29) is 0 Å². The van der Waals surface area contributed by atoms with Crippen LogP contribution in [-0.2, 0) is 0 Å². The maximum Gasteiger partial charge on any atom is 0.0978 e. The summed E-state index contributed by atoms with van der Waals surface area (Å²) in [5.41, 5.74) is 6.95. The van der Waals surface area contributed by atoms with Crippen LogP contribution in [0.15, 0.2) is 11.3 Å². The number of rotatable bonds is 0. The fourth-order valence-electron chi connectivity index (χ4n) is 0.812. The molecule has 0 aromatic heterocycles. The number of nitrogens with one attached hydrogen (secondary N) is 1. The average Bonchev–Trinajstić information content (AvgIpc) is 1.89. The highest BCUT2D eigenvalue weighted by Gasteiger charge is 2.06. The van der Waals surface area contributed by atoms with E-state index in [1.165, 1.54) is 0 Å². The highest BCUT2D eigenvalue weighted by molar-refractivity contribution is 5.29. The summed E-state index contributed by atoms with van der Waals surface area (Å²) in [4.78, 5) is 0. The van der Waals surface area contributed by atoms with Crippen molar-refractivity contribution in [2.45, 2.75) is 6.42 Å². The van der Waals surface area contributed by atoms with Crippen molar-refractivity contribution < 1.29 is 0 Å². The lowest BCUT2D eigenvalue weighted by Crippen LogP contribution is -2.27. The Morgan fingerprint density at radius 2 is 2.44 bits per heavy atom. The van der Waals surface area contributed by atoms with Crippen LogP contribution in [0.25, 0.3) is 0 Å². The predicted molar refractivity (Wildman–Crippen MR) is 34.3 cm³/mol. The molecule has 0 bridgehead atoms. The lowest BCUT2D eigenvalue weighted by atomic mass is 10.1. The summed E-state index contributed by atoms with van der Waals surface area (Å²) in [6.45, 7) is 1.54. The summed E-state index contributed by atoms with van der Waals surface area (Å²) in [6, 6.07) is 2.05. The van der Waals surface area contributed by atoms with Crippen molar-refractivity contribution in [1.82, 2.24) is 5.32 Å². The zero-order valence-electron chi connectivity index (χ0n) is 5.15. The van der Waals surface area contributed by atoms with E-state index >= 15 is 0 Å². The van der Waals surface area contributed by atoms with Crippen LogP contribution in [0.4, 0.5) is 0 Å². The van der Waals surface area contributed by atoms with Gasteiger partial charge in [-0.2, -0.15) is 5.26 Å². The van der Waals surface area contributed by atoms with Crippen LogP contribution in [0.5, 0.6) is 0 Å². The normalized spacial score (nSPS) is 19.4.